The zero-order valence-corrected chi connectivity index (χ0v) is 9.64. The number of halogens is 2. The monoisotopic (exact) mass is 242 g/mol. The third-order valence-electron chi connectivity index (χ3n) is 1.78. The molecule has 1 N–H and O–H groups in total. The topological polar surface area (TPSA) is 24.4 Å². The van der Waals surface area contributed by atoms with Gasteiger partial charge in [0.05, 0.1) is 6.34 Å². The summed E-state index contributed by atoms with van der Waals surface area (Å²) in [5.74, 6) is -1.25. The van der Waals surface area contributed by atoms with Gasteiger partial charge in [-0.15, -0.1) is 12.6 Å². The second kappa shape index (κ2) is 6.27. The molecule has 0 fully saturated rings. The van der Waals surface area contributed by atoms with Gasteiger partial charge in [-0.05, 0) is 19.1 Å². The smallest absolute Gasteiger partial charge is 0.134 e. The van der Waals surface area contributed by atoms with E-state index in [0.717, 1.165) is 6.07 Å². The van der Waals surface area contributed by atoms with Gasteiger partial charge in [0.2, 0.25) is 0 Å². The van der Waals surface area contributed by atoms with Crippen molar-refractivity contribution in [3.63, 3.8) is 0 Å². The summed E-state index contributed by atoms with van der Waals surface area (Å²) >= 11 is 4.10. The second-order valence-electron chi connectivity index (χ2n) is 2.95. The van der Waals surface area contributed by atoms with Gasteiger partial charge in [-0.1, -0.05) is 0 Å². The minimum absolute atomic E-state index is 0.238. The van der Waals surface area contributed by atoms with Gasteiger partial charge >= 0.3 is 0 Å². The van der Waals surface area contributed by atoms with E-state index in [1.54, 1.807) is 0 Å². The molecular formula is C11H12F2N2S. The first-order valence-corrected chi connectivity index (χ1v) is 5.18. The van der Waals surface area contributed by atoms with E-state index in [4.69, 9.17) is 0 Å². The molecule has 0 bridgehead atoms. The molecule has 0 saturated carbocycles. The summed E-state index contributed by atoms with van der Waals surface area (Å²) in [4.78, 5) is 4.28. The van der Waals surface area contributed by atoms with Gasteiger partial charge in [-0.2, -0.15) is 0 Å². The van der Waals surface area contributed by atoms with E-state index in [-0.39, 0.29) is 5.56 Å². The van der Waals surface area contributed by atoms with Crippen LogP contribution < -0.4 is 5.32 Å². The van der Waals surface area contributed by atoms with Gasteiger partial charge in [-0.25, -0.2) is 8.78 Å². The van der Waals surface area contributed by atoms with E-state index in [0.29, 0.717) is 11.4 Å². The zero-order chi connectivity index (χ0) is 12.0. The fraction of sp³-hybridized carbons (Fsp3) is 0.182. The Morgan fingerprint density at radius 3 is 2.88 bits per heavy atom. The van der Waals surface area contributed by atoms with E-state index < -0.39 is 11.6 Å². The molecule has 0 aromatic heterocycles. The predicted octanol–water partition coefficient (Wildman–Crippen LogP) is 2.83. The van der Waals surface area contributed by atoms with Crippen LogP contribution in [0.3, 0.4) is 0 Å². The first kappa shape index (κ1) is 12.7. The number of rotatable bonds is 4. The van der Waals surface area contributed by atoms with Crippen LogP contribution in [0.25, 0.3) is 4.91 Å². The van der Waals surface area contributed by atoms with Crippen molar-refractivity contribution in [2.24, 2.45) is 4.99 Å². The summed E-state index contributed by atoms with van der Waals surface area (Å²) in [6, 6.07) is 3.34. The quantitative estimate of drug-likeness (QED) is 0.473. The van der Waals surface area contributed by atoms with Crippen LogP contribution in [0.1, 0.15) is 12.5 Å². The number of nitrogens with one attached hydrogen (secondary N) is 1. The highest BCUT2D eigenvalue weighted by atomic mass is 32.1. The standard InChI is InChI=1S/C11H12F2N2S/c1-2-14-7-15-6-11(16)9-4-3-8(12)5-10(9)13/h3-7,16H,2H2,1H3,(H,14,15)/b11-6-. The van der Waals surface area contributed by atoms with Gasteiger partial charge in [-0.3, -0.25) is 4.99 Å². The van der Waals surface area contributed by atoms with E-state index in [1.165, 1.54) is 24.7 Å². The number of hydrogen-bond acceptors (Lipinski definition) is 2. The molecule has 0 unspecified atom stereocenters. The number of hydrogen-bond donors (Lipinski definition) is 2. The van der Waals surface area contributed by atoms with Crippen LogP contribution in [-0.4, -0.2) is 12.9 Å². The molecule has 1 rings (SSSR count). The van der Waals surface area contributed by atoms with Gasteiger partial charge < -0.3 is 5.32 Å². The van der Waals surface area contributed by atoms with E-state index in [1.807, 2.05) is 6.92 Å². The van der Waals surface area contributed by atoms with Gasteiger partial charge in [0, 0.05) is 29.3 Å². The van der Waals surface area contributed by atoms with Gasteiger partial charge in [0.15, 0.2) is 0 Å². The highest BCUT2D eigenvalue weighted by Crippen LogP contribution is 2.21. The Kier molecular flexibility index (Phi) is 4.98. The molecule has 0 heterocycles. The van der Waals surface area contributed by atoms with Gasteiger partial charge in [0.25, 0.3) is 0 Å². The van der Waals surface area contributed by atoms with Crippen LogP contribution in [0.15, 0.2) is 29.4 Å². The number of benzene rings is 1. The van der Waals surface area contributed by atoms with Crippen molar-refractivity contribution < 1.29 is 8.78 Å². The Balaban J connectivity index is 2.79. The molecule has 0 amide bonds. The Bertz CT molecular complexity index is 416. The fourth-order valence-electron chi connectivity index (χ4n) is 1.04. The number of thiol groups is 1. The van der Waals surface area contributed by atoms with Crippen molar-refractivity contribution in [3.05, 3.63) is 41.6 Å². The number of aliphatic imine (C=N–C) groups is 1. The maximum Gasteiger partial charge on any atom is 0.134 e. The normalized spacial score (nSPS) is 12.1. The minimum atomic E-state index is -0.643. The SMILES string of the molecule is CCN=CN/C=C(\S)c1ccc(F)cc1F. The molecule has 86 valence electrons. The minimum Gasteiger partial charge on any atom is -0.352 e. The first-order valence-electron chi connectivity index (χ1n) is 4.74. The maximum atomic E-state index is 13.3. The molecule has 2 nitrogen and oxygen atoms in total. The lowest BCUT2D eigenvalue weighted by Crippen LogP contribution is -2.02. The molecule has 0 aliphatic carbocycles. The highest BCUT2D eigenvalue weighted by Gasteiger charge is 2.05. The summed E-state index contributed by atoms with van der Waals surface area (Å²) in [5, 5.41) is 2.74. The number of nitrogens with zero attached hydrogens (tertiary/aromatic N) is 1. The van der Waals surface area contributed by atoms with Crippen LogP contribution in [0, 0.1) is 11.6 Å². The third kappa shape index (κ3) is 3.66. The molecular weight excluding hydrogens is 230 g/mol. The van der Waals surface area contributed by atoms with E-state index in [9.17, 15) is 8.78 Å². The molecule has 0 aliphatic rings. The molecule has 0 saturated heterocycles. The van der Waals surface area contributed by atoms with Crippen LogP contribution in [0.2, 0.25) is 0 Å². The molecule has 0 aliphatic heterocycles. The Morgan fingerprint density at radius 1 is 1.50 bits per heavy atom. The summed E-state index contributed by atoms with van der Waals surface area (Å²) in [5.41, 5.74) is 0.238. The van der Waals surface area contributed by atoms with E-state index >= 15 is 0 Å². The summed E-state index contributed by atoms with van der Waals surface area (Å²) in [6.45, 7) is 2.55. The average molecular weight is 242 g/mol. The summed E-state index contributed by atoms with van der Waals surface area (Å²) in [7, 11) is 0. The van der Waals surface area contributed by atoms with E-state index in [2.05, 4.69) is 22.9 Å². The summed E-state index contributed by atoms with van der Waals surface area (Å²) < 4.78 is 25.9. The molecule has 1 aromatic rings. The van der Waals surface area contributed by atoms with Crippen LogP contribution >= 0.6 is 12.6 Å². The Labute approximate surface area is 98.5 Å². The first-order chi connectivity index (χ1) is 7.65. The summed E-state index contributed by atoms with van der Waals surface area (Å²) in [6.07, 6.45) is 2.97. The van der Waals surface area contributed by atoms with Gasteiger partial charge in [0.1, 0.15) is 11.6 Å². The van der Waals surface area contributed by atoms with Crippen molar-refractivity contribution >= 4 is 23.9 Å². The molecule has 5 heteroatoms. The fourth-order valence-corrected chi connectivity index (χ4v) is 1.29. The van der Waals surface area contributed by atoms with Crippen LogP contribution in [-0.2, 0) is 0 Å². The maximum absolute atomic E-state index is 13.3. The van der Waals surface area contributed by atoms with Crippen molar-refractivity contribution in [1.29, 1.82) is 0 Å². The van der Waals surface area contributed by atoms with Crippen molar-refractivity contribution in [2.45, 2.75) is 6.92 Å². The Morgan fingerprint density at radius 2 is 2.25 bits per heavy atom. The Hall–Kier alpha value is -1.36. The lowest BCUT2D eigenvalue weighted by Gasteiger charge is -2.02. The molecule has 16 heavy (non-hydrogen) atoms. The highest BCUT2D eigenvalue weighted by molar-refractivity contribution is 7.90. The second-order valence-corrected chi connectivity index (χ2v) is 3.43. The van der Waals surface area contributed by atoms with Crippen LogP contribution in [0.5, 0.6) is 0 Å². The molecule has 0 atom stereocenters. The van der Waals surface area contributed by atoms with Crippen molar-refractivity contribution in [1.82, 2.24) is 5.32 Å². The van der Waals surface area contributed by atoms with Crippen molar-refractivity contribution in [3.8, 4) is 0 Å². The predicted molar refractivity (Wildman–Crippen MR) is 65.5 cm³/mol. The third-order valence-corrected chi connectivity index (χ3v) is 2.15. The molecule has 0 radical (unpaired) electrons. The largest absolute Gasteiger partial charge is 0.352 e. The molecule has 0 spiro atoms. The zero-order valence-electron chi connectivity index (χ0n) is 8.74. The van der Waals surface area contributed by atoms with Crippen LogP contribution in [0.4, 0.5) is 8.78 Å². The van der Waals surface area contributed by atoms with Crippen molar-refractivity contribution in [2.75, 3.05) is 6.54 Å². The molecule has 1 aromatic carbocycles. The lowest BCUT2D eigenvalue weighted by atomic mass is 10.2. The average Bonchev–Trinajstić information content (AvgIpc) is 2.24. The lowest BCUT2D eigenvalue weighted by molar-refractivity contribution is 0.581.